The van der Waals surface area contributed by atoms with Gasteiger partial charge in [0.05, 0.1) is 6.26 Å². The molecule has 3 nitrogen and oxygen atoms in total. The van der Waals surface area contributed by atoms with E-state index in [4.69, 9.17) is 4.42 Å². The second-order valence-electron chi connectivity index (χ2n) is 6.22. The minimum absolute atomic E-state index is 0.104. The summed E-state index contributed by atoms with van der Waals surface area (Å²) in [6.07, 6.45) is 3.49. The van der Waals surface area contributed by atoms with Crippen molar-refractivity contribution in [2.45, 2.75) is 50.3 Å². The van der Waals surface area contributed by atoms with E-state index in [-0.39, 0.29) is 11.9 Å². The first kappa shape index (κ1) is 15.3. The molecule has 2 atom stereocenters. The predicted molar refractivity (Wildman–Crippen MR) is 83.0 cm³/mol. The molecule has 0 amide bonds. The third-order valence-electron chi connectivity index (χ3n) is 4.45. The molecule has 3 rings (SSSR count). The molecule has 2 aromatic rings. The van der Waals surface area contributed by atoms with Gasteiger partial charge in [-0.25, -0.2) is 4.39 Å². The van der Waals surface area contributed by atoms with Crippen molar-refractivity contribution in [1.29, 1.82) is 0 Å². The van der Waals surface area contributed by atoms with Crippen LogP contribution in [0.2, 0.25) is 0 Å². The van der Waals surface area contributed by atoms with Crippen LogP contribution in [-0.2, 0) is 0 Å². The quantitative estimate of drug-likeness (QED) is 0.854. The molecule has 0 unspecified atom stereocenters. The summed E-state index contributed by atoms with van der Waals surface area (Å²) >= 11 is 0. The number of halogens is 1. The smallest absolute Gasteiger partial charge is 0.132 e. The maximum absolute atomic E-state index is 13.7. The van der Waals surface area contributed by atoms with Gasteiger partial charge in [-0.15, -0.1) is 0 Å². The van der Waals surface area contributed by atoms with Gasteiger partial charge >= 0.3 is 0 Å². The van der Waals surface area contributed by atoms with Crippen LogP contribution in [-0.4, -0.2) is 17.2 Å². The lowest BCUT2D eigenvalue weighted by atomic mass is 9.75. The van der Waals surface area contributed by atoms with Crippen LogP contribution in [0.15, 0.2) is 47.1 Å². The van der Waals surface area contributed by atoms with Crippen LogP contribution in [0.5, 0.6) is 0 Å². The zero-order chi connectivity index (χ0) is 15.5. The second-order valence-corrected chi connectivity index (χ2v) is 6.22. The average Bonchev–Trinajstić information content (AvgIpc) is 2.98. The molecule has 1 fully saturated rings. The van der Waals surface area contributed by atoms with Crippen molar-refractivity contribution in [2.24, 2.45) is 0 Å². The molecule has 1 aromatic carbocycles. The van der Waals surface area contributed by atoms with Gasteiger partial charge in [0.15, 0.2) is 0 Å². The van der Waals surface area contributed by atoms with Crippen molar-refractivity contribution in [3.05, 3.63) is 59.8 Å². The summed E-state index contributed by atoms with van der Waals surface area (Å²) in [5, 5.41) is 13.6. The van der Waals surface area contributed by atoms with Gasteiger partial charge in [0.1, 0.15) is 17.7 Å². The lowest BCUT2D eigenvalue weighted by molar-refractivity contribution is 0.122. The topological polar surface area (TPSA) is 45.4 Å². The van der Waals surface area contributed by atoms with Gasteiger partial charge in [0.25, 0.3) is 0 Å². The van der Waals surface area contributed by atoms with Crippen LogP contribution < -0.4 is 5.32 Å². The Labute approximate surface area is 130 Å². The monoisotopic (exact) mass is 303 g/mol. The van der Waals surface area contributed by atoms with E-state index in [0.717, 1.165) is 18.4 Å². The molecule has 1 heterocycles. The van der Waals surface area contributed by atoms with E-state index < -0.39 is 6.10 Å². The maximum atomic E-state index is 13.7. The van der Waals surface area contributed by atoms with E-state index >= 15 is 0 Å². The van der Waals surface area contributed by atoms with E-state index in [1.165, 1.54) is 6.07 Å². The summed E-state index contributed by atoms with van der Waals surface area (Å²) in [4.78, 5) is 0. The molecule has 1 aromatic heterocycles. The fourth-order valence-corrected chi connectivity index (χ4v) is 3.22. The fourth-order valence-electron chi connectivity index (χ4n) is 3.22. The van der Waals surface area contributed by atoms with Gasteiger partial charge in [-0.2, -0.15) is 0 Å². The number of benzene rings is 1. The number of hydrogen-bond donors (Lipinski definition) is 2. The highest BCUT2D eigenvalue weighted by molar-refractivity contribution is 5.24. The summed E-state index contributed by atoms with van der Waals surface area (Å²) in [7, 11) is 0. The Hall–Kier alpha value is -1.65. The third kappa shape index (κ3) is 3.39. The predicted octanol–water partition coefficient (Wildman–Crippen LogP) is 3.77. The lowest BCUT2D eigenvalue weighted by Gasteiger charge is -2.38. The molecule has 2 N–H and O–H groups in total. The first-order chi connectivity index (χ1) is 10.6. The lowest BCUT2D eigenvalue weighted by Crippen LogP contribution is -2.45. The second kappa shape index (κ2) is 6.63. The highest BCUT2D eigenvalue weighted by Crippen LogP contribution is 2.38. The van der Waals surface area contributed by atoms with Crippen molar-refractivity contribution in [1.82, 2.24) is 5.32 Å². The molecule has 0 spiro atoms. The highest BCUT2D eigenvalue weighted by atomic mass is 19.1. The zero-order valence-corrected chi connectivity index (χ0v) is 12.7. The number of nitrogens with one attached hydrogen (secondary N) is 1. The van der Waals surface area contributed by atoms with Crippen molar-refractivity contribution in [3.63, 3.8) is 0 Å². The van der Waals surface area contributed by atoms with Gasteiger partial charge in [-0.05, 0) is 55.9 Å². The number of hydrogen-bond acceptors (Lipinski definition) is 3. The maximum Gasteiger partial charge on any atom is 0.132 e. The van der Waals surface area contributed by atoms with Gasteiger partial charge in [-0.1, -0.05) is 18.2 Å². The highest BCUT2D eigenvalue weighted by Gasteiger charge is 2.32. The Morgan fingerprint density at radius 1 is 1.27 bits per heavy atom. The Bertz CT molecular complexity index is 593. The normalized spacial score (nSPS) is 23.8. The van der Waals surface area contributed by atoms with Gasteiger partial charge in [-0.3, -0.25) is 0 Å². The Balaban J connectivity index is 1.45. The average molecular weight is 303 g/mol. The standard InChI is InChI=1S/C18H22FNO2/c1-12(9-17(21)18-7-4-8-22-18)20-14-10-13(11-14)15-5-2-3-6-16(15)19/h2-8,12-14,17,20-21H,9-11H2,1H3/t12-,13?,14?,17-/m1/s1. The Morgan fingerprint density at radius 2 is 2.05 bits per heavy atom. The Morgan fingerprint density at radius 3 is 2.73 bits per heavy atom. The molecule has 1 saturated carbocycles. The zero-order valence-electron chi connectivity index (χ0n) is 12.7. The van der Waals surface area contributed by atoms with Gasteiger partial charge < -0.3 is 14.8 Å². The molecular formula is C18H22FNO2. The number of aliphatic hydroxyl groups is 1. The molecular weight excluding hydrogens is 281 g/mol. The molecule has 4 heteroatoms. The number of aliphatic hydroxyl groups excluding tert-OH is 1. The van der Waals surface area contributed by atoms with E-state index in [9.17, 15) is 9.50 Å². The summed E-state index contributed by atoms with van der Waals surface area (Å²) in [6.45, 7) is 2.06. The SMILES string of the molecule is C[C@H](C[C@@H](O)c1ccco1)NC1CC(c2ccccc2F)C1. The summed E-state index contributed by atoms with van der Waals surface area (Å²) < 4.78 is 18.9. The van der Waals surface area contributed by atoms with Crippen LogP contribution >= 0.6 is 0 Å². The van der Waals surface area contributed by atoms with Crippen LogP contribution in [0.1, 0.15) is 49.5 Å². The van der Waals surface area contributed by atoms with E-state index in [1.54, 1.807) is 24.5 Å². The Kier molecular flexibility index (Phi) is 4.60. The molecule has 0 radical (unpaired) electrons. The van der Waals surface area contributed by atoms with Gasteiger partial charge in [0.2, 0.25) is 0 Å². The summed E-state index contributed by atoms with van der Waals surface area (Å²) in [6, 6.07) is 11.2. The van der Waals surface area contributed by atoms with E-state index in [2.05, 4.69) is 12.2 Å². The van der Waals surface area contributed by atoms with Gasteiger partial charge in [0, 0.05) is 12.1 Å². The molecule has 1 aliphatic carbocycles. The summed E-state index contributed by atoms with van der Waals surface area (Å²) in [5.41, 5.74) is 0.823. The molecule has 1 aliphatic rings. The number of furan rings is 1. The largest absolute Gasteiger partial charge is 0.467 e. The first-order valence-electron chi connectivity index (χ1n) is 7.85. The van der Waals surface area contributed by atoms with Crippen molar-refractivity contribution in [2.75, 3.05) is 0 Å². The molecule has 0 bridgehead atoms. The summed E-state index contributed by atoms with van der Waals surface area (Å²) in [5.74, 6) is 0.805. The van der Waals surface area contributed by atoms with Crippen LogP contribution in [0.3, 0.4) is 0 Å². The van der Waals surface area contributed by atoms with Crippen LogP contribution in [0.25, 0.3) is 0 Å². The van der Waals surface area contributed by atoms with Crippen molar-refractivity contribution < 1.29 is 13.9 Å². The molecule has 0 aliphatic heterocycles. The molecule has 118 valence electrons. The van der Waals surface area contributed by atoms with Crippen LogP contribution in [0, 0.1) is 5.82 Å². The minimum atomic E-state index is -0.583. The number of rotatable bonds is 6. The fraction of sp³-hybridized carbons (Fsp3) is 0.444. The molecule has 22 heavy (non-hydrogen) atoms. The van der Waals surface area contributed by atoms with Crippen molar-refractivity contribution >= 4 is 0 Å². The van der Waals surface area contributed by atoms with E-state index in [1.807, 2.05) is 12.1 Å². The first-order valence-corrected chi connectivity index (χ1v) is 7.85. The molecule has 0 saturated heterocycles. The third-order valence-corrected chi connectivity index (χ3v) is 4.45. The van der Waals surface area contributed by atoms with Crippen LogP contribution in [0.4, 0.5) is 4.39 Å². The van der Waals surface area contributed by atoms with Crippen molar-refractivity contribution in [3.8, 4) is 0 Å². The minimum Gasteiger partial charge on any atom is -0.467 e. The van der Waals surface area contributed by atoms with E-state index in [0.29, 0.717) is 24.1 Å².